The van der Waals surface area contributed by atoms with Crippen molar-refractivity contribution in [3.05, 3.63) is 18.2 Å². The summed E-state index contributed by atoms with van der Waals surface area (Å²) in [5, 5.41) is 3.20. The van der Waals surface area contributed by atoms with E-state index in [0.29, 0.717) is 0 Å². The average molecular weight is 271 g/mol. The molecule has 1 aliphatic rings. The van der Waals surface area contributed by atoms with Crippen molar-refractivity contribution in [2.75, 3.05) is 6.26 Å². The summed E-state index contributed by atoms with van der Waals surface area (Å²) in [7, 11) is -2.97. The van der Waals surface area contributed by atoms with Crippen molar-refractivity contribution in [3.63, 3.8) is 0 Å². The van der Waals surface area contributed by atoms with Crippen LogP contribution in [0.5, 0.6) is 0 Å². The summed E-state index contributed by atoms with van der Waals surface area (Å²) in [4.78, 5) is 7.34. The second-order valence-corrected chi connectivity index (χ2v) is 7.27. The van der Waals surface area contributed by atoms with Crippen molar-refractivity contribution in [1.29, 1.82) is 0 Å². The minimum Gasteiger partial charge on any atom is -0.347 e. The van der Waals surface area contributed by atoms with Crippen molar-refractivity contribution in [2.24, 2.45) is 0 Å². The summed E-state index contributed by atoms with van der Waals surface area (Å²) < 4.78 is 23.5. The zero-order valence-electron chi connectivity index (χ0n) is 10.9. The van der Waals surface area contributed by atoms with Crippen LogP contribution in [0.1, 0.15) is 44.5 Å². The van der Waals surface area contributed by atoms with E-state index in [0.717, 1.165) is 31.5 Å². The molecule has 0 bridgehead atoms. The van der Waals surface area contributed by atoms with Gasteiger partial charge in [-0.1, -0.05) is 13.3 Å². The maximum absolute atomic E-state index is 11.7. The first-order valence-corrected chi connectivity index (χ1v) is 8.42. The monoisotopic (exact) mass is 271 g/mol. The van der Waals surface area contributed by atoms with E-state index in [9.17, 15) is 8.42 Å². The topological polar surface area (TPSA) is 74.8 Å². The molecule has 0 amide bonds. The molecule has 2 rings (SSSR count). The summed E-state index contributed by atoms with van der Waals surface area (Å²) in [5.74, 6) is 0.886. The lowest BCUT2D eigenvalue weighted by molar-refractivity contribution is 0.416. The lowest BCUT2D eigenvalue weighted by atomic mass is 10.1. The molecule has 6 heteroatoms. The van der Waals surface area contributed by atoms with Crippen molar-refractivity contribution in [3.8, 4) is 0 Å². The Kier molecular flexibility index (Phi) is 4.07. The maximum atomic E-state index is 11.7. The molecule has 0 aliphatic heterocycles. The molecule has 1 saturated carbocycles. The first-order valence-electron chi connectivity index (χ1n) is 6.46. The number of imidazole rings is 1. The number of H-pyrrole nitrogens is 1. The highest BCUT2D eigenvalue weighted by Crippen LogP contribution is 2.27. The molecule has 0 aromatic carbocycles. The van der Waals surface area contributed by atoms with Gasteiger partial charge in [0.05, 0.1) is 11.3 Å². The lowest BCUT2D eigenvalue weighted by Gasteiger charge is -2.24. The Morgan fingerprint density at radius 1 is 1.56 bits per heavy atom. The SMILES string of the molecule is CCC(NC1CCCC1S(C)(=O)=O)c1ncc[nH]1. The van der Waals surface area contributed by atoms with Crippen LogP contribution in [0.2, 0.25) is 0 Å². The highest BCUT2D eigenvalue weighted by atomic mass is 32.2. The number of aromatic amines is 1. The van der Waals surface area contributed by atoms with Gasteiger partial charge >= 0.3 is 0 Å². The first-order chi connectivity index (χ1) is 8.52. The van der Waals surface area contributed by atoms with Gasteiger partial charge < -0.3 is 10.3 Å². The summed E-state index contributed by atoms with van der Waals surface area (Å²) in [6, 6.07) is 0.155. The Morgan fingerprint density at radius 2 is 2.33 bits per heavy atom. The Labute approximate surface area is 108 Å². The van der Waals surface area contributed by atoms with Gasteiger partial charge in [-0.2, -0.15) is 0 Å². The van der Waals surface area contributed by atoms with E-state index in [1.807, 2.05) is 0 Å². The van der Waals surface area contributed by atoms with Crippen LogP contribution in [0.3, 0.4) is 0 Å². The molecule has 2 N–H and O–H groups in total. The van der Waals surface area contributed by atoms with Gasteiger partial charge in [0.15, 0.2) is 9.84 Å². The smallest absolute Gasteiger partial charge is 0.151 e. The van der Waals surface area contributed by atoms with Gasteiger partial charge in [-0.05, 0) is 19.3 Å². The number of nitrogens with one attached hydrogen (secondary N) is 2. The quantitative estimate of drug-likeness (QED) is 0.849. The van der Waals surface area contributed by atoms with Gasteiger partial charge in [0.2, 0.25) is 0 Å². The van der Waals surface area contributed by atoms with Gasteiger partial charge in [-0.3, -0.25) is 0 Å². The predicted molar refractivity (Wildman–Crippen MR) is 71.0 cm³/mol. The van der Waals surface area contributed by atoms with Crippen LogP contribution < -0.4 is 5.32 Å². The van der Waals surface area contributed by atoms with Crippen LogP contribution in [0.15, 0.2) is 12.4 Å². The summed E-state index contributed by atoms with van der Waals surface area (Å²) in [6.07, 6.45) is 8.42. The average Bonchev–Trinajstić information content (AvgIpc) is 2.95. The zero-order chi connectivity index (χ0) is 13.2. The highest BCUT2D eigenvalue weighted by Gasteiger charge is 2.35. The molecule has 0 saturated heterocycles. The molecule has 5 nitrogen and oxygen atoms in total. The van der Waals surface area contributed by atoms with Gasteiger partial charge in [0.25, 0.3) is 0 Å². The number of aromatic nitrogens is 2. The van der Waals surface area contributed by atoms with Gasteiger partial charge in [-0.25, -0.2) is 13.4 Å². The number of nitrogens with zero attached hydrogens (tertiary/aromatic N) is 1. The van der Waals surface area contributed by atoms with E-state index >= 15 is 0 Å². The molecule has 18 heavy (non-hydrogen) atoms. The second-order valence-electron chi connectivity index (χ2n) is 5.01. The third kappa shape index (κ3) is 2.92. The molecular weight excluding hydrogens is 250 g/mol. The van der Waals surface area contributed by atoms with Crippen LogP contribution in [0, 0.1) is 0 Å². The van der Waals surface area contributed by atoms with E-state index in [-0.39, 0.29) is 17.3 Å². The predicted octanol–water partition coefficient (Wildman–Crippen LogP) is 1.42. The molecule has 1 aliphatic carbocycles. The molecule has 3 atom stereocenters. The van der Waals surface area contributed by atoms with Gasteiger partial charge in [0.1, 0.15) is 5.82 Å². The molecule has 0 spiro atoms. The van der Waals surface area contributed by atoms with Crippen LogP contribution in [0.4, 0.5) is 0 Å². The molecule has 3 unspecified atom stereocenters. The van der Waals surface area contributed by atoms with E-state index in [1.165, 1.54) is 6.26 Å². The van der Waals surface area contributed by atoms with Crippen molar-refractivity contribution >= 4 is 9.84 Å². The van der Waals surface area contributed by atoms with Crippen LogP contribution in [0.25, 0.3) is 0 Å². The standard InChI is InChI=1S/C12H21N3O2S/c1-3-9(12-13-7-8-14-12)15-10-5-4-6-11(10)18(2,16)17/h7-11,15H,3-6H2,1-2H3,(H,13,14). The molecule has 1 aromatic rings. The van der Waals surface area contributed by atoms with Crippen molar-refractivity contribution < 1.29 is 8.42 Å². The fraction of sp³-hybridized carbons (Fsp3) is 0.750. The minimum absolute atomic E-state index is 0.0510. The Morgan fingerprint density at radius 3 is 2.89 bits per heavy atom. The van der Waals surface area contributed by atoms with Gasteiger partial charge in [0, 0.05) is 24.7 Å². The van der Waals surface area contributed by atoms with E-state index in [2.05, 4.69) is 22.2 Å². The molecule has 1 fully saturated rings. The maximum Gasteiger partial charge on any atom is 0.151 e. The largest absolute Gasteiger partial charge is 0.347 e. The molecule has 0 radical (unpaired) electrons. The molecular formula is C12H21N3O2S. The third-order valence-corrected chi connectivity index (χ3v) is 5.34. The van der Waals surface area contributed by atoms with Crippen LogP contribution in [-0.2, 0) is 9.84 Å². The Bertz CT molecular complexity index is 470. The molecule has 102 valence electrons. The summed E-state index contributed by atoms with van der Waals surface area (Å²) in [6.45, 7) is 2.07. The normalized spacial score (nSPS) is 26.3. The minimum atomic E-state index is -2.97. The number of rotatable bonds is 5. The fourth-order valence-corrected chi connectivity index (χ4v) is 4.15. The van der Waals surface area contributed by atoms with E-state index in [4.69, 9.17) is 0 Å². The lowest BCUT2D eigenvalue weighted by Crippen LogP contribution is -2.42. The number of hydrogen-bond acceptors (Lipinski definition) is 4. The first kappa shape index (κ1) is 13.5. The highest BCUT2D eigenvalue weighted by molar-refractivity contribution is 7.91. The summed E-state index contributed by atoms with van der Waals surface area (Å²) in [5.41, 5.74) is 0. The molecule has 1 heterocycles. The zero-order valence-corrected chi connectivity index (χ0v) is 11.7. The third-order valence-electron chi connectivity index (χ3n) is 3.68. The second kappa shape index (κ2) is 5.40. The van der Waals surface area contributed by atoms with Crippen molar-refractivity contribution in [2.45, 2.75) is 49.9 Å². The molecule has 1 aromatic heterocycles. The van der Waals surface area contributed by atoms with Crippen LogP contribution >= 0.6 is 0 Å². The van der Waals surface area contributed by atoms with Crippen molar-refractivity contribution in [1.82, 2.24) is 15.3 Å². The van der Waals surface area contributed by atoms with Gasteiger partial charge in [-0.15, -0.1) is 0 Å². The van der Waals surface area contributed by atoms with Crippen LogP contribution in [-0.4, -0.2) is 35.9 Å². The number of sulfone groups is 1. The van der Waals surface area contributed by atoms with E-state index in [1.54, 1.807) is 12.4 Å². The summed E-state index contributed by atoms with van der Waals surface area (Å²) >= 11 is 0. The Hall–Kier alpha value is -0.880. The number of hydrogen-bond donors (Lipinski definition) is 2. The Balaban J connectivity index is 2.08. The fourth-order valence-electron chi connectivity index (χ4n) is 2.75. The van der Waals surface area contributed by atoms with E-state index < -0.39 is 9.84 Å².